The summed E-state index contributed by atoms with van der Waals surface area (Å²) in [7, 11) is 5.06. The summed E-state index contributed by atoms with van der Waals surface area (Å²) in [6.45, 7) is 2.66. The second-order valence-electron chi connectivity index (χ2n) is 1.51. The lowest BCUT2D eigenvalue weighted by Crippen LogP contribution is -2.33. The number of hydrogen-bond acceptors (Lipinski definition) is 2. The zero-order valence-corrected chi connectivity index (χ0v) is 4.65. The van der Waals surface area contributed by atoms with E-state index in [0.717, 1.165) is 6.42 Å². The lowest BCUT2D eigenvalue weighted by Gasteiger charge is -2.08. The lowest BCUT2D eigenvalue weighted by atomic mass is 10.2. The summed E-state index contributed by atoms with van der Waals surface area (Å²) >= 11 is 0. The fourth-order valence-corrected chi connectivity index (χ4v) is 0.353. The van der Waals surface area contributed by atoms with Crippen LogP contribution in [0.1, 0.15) is 13.3 Å². The standard InChI is InChI=1S/C4H11BN2/c1-2-4(3-6)7-5/h4,7H,2-3,6H2,1H3/t4-/m1/s1. The highest BCUT2D eigenvalue weighted by molar-refractivity contribution is 6.04. The predicted molar refractivity (Wildman–Crippen MR) is 32.0 cm³/mol. The minimum atomic E-state index is 0.292. The molecule has 1 atom stereocenters. The van der Waals surface area contributed by atoms with E-state index in [1.165, 1.54) is 0 Å². The summed E-state index contributed by atoms with van der Waals surface area (Å²) in [6.07, 6.45) is 0.993. The van der Waals surface area contributed by atoms with Crippen LogP contribution in [0.2, 0.25) is 0 Å². The minimum Gasteiger partial charge on any atom is -0.363 e. The van der Waals surface area contributed by atoms with Crippen LogP contribution < -0.4 is 11.0 Å². The summed E-state index contributed by atoms with van der Waals surface area (Å²) in [4.78, 5) is 0. The van der Waals surface area contributed by atoms with Crippen molar-refractivity contribution < 1.29 is 0 Å². The molecule has 2 nitrogen and oxygen atoms in total. The Hall–Kier alpha value is -0.0151. The third-order valence-electron chi connectivity index (χ3n) is 1.01. The third kappa shape index (κ3) is 2.65. The molecule has 0 aromatic rings. The van der Waals surface area contributed by atoms with E-state index in [1.54, 1.807) is 0 Å². The van der Waals surface area contributed by atoms with Crippen LogP contribution in [0.4, 0.5) is 0 Å². The Bertz CT molecular complexity index is 31.2. The van der Waals surface area contributed by atoms with Crippen molar-refractivity contribution >= 4 is 7.98 Å². The van der Waals surface area contributed by atoms with Crippen LogP contribution in [-0.2, 0) is 0 Å². The van der Waals surface area contributed by atoms with Crippen LogP contribution in [0.5, 0.6) is 0 Å². The fraction of sp³-hybridized carbons (Fsp3) is 1.00. The van der Waals surface area contributed by atoms with Gasteiger partial charge in [-0.1, -0.05) is 6.92 Å². The molecular weight excluding hydrogens is 86.9 g/mol. The van der Waals surface area contributed by atoms with Crippen LogP contribution >= 0.6 is 0 Å². The van der Waals surface area contributed by atoms with Gasteiger partial charge in [-0.2, -0.15) is 0 Å². The Morgan fingerprint density at radius 2 is 2.43 bits per heavy atom. The van der Waals surface area contributed by atoms with E-state index in [1.807, 2.05) is 6.92 Å². The van der Waals surface area contributed by atoms with Gasteiger partial charge in [0.1, 0.15) is 0 Å². The van der Waals surface area contributed by atoms with Crippen LogP contribution in [0, 0.1) is 0 Å². The molecule has 0 saturated heterocycles. The molecule has 0 spiro atoms. The predicted octanol–water partition coefficient (Wildman–Crippen LogP) is -0.603. The molecule has 2 radical (unpaired) electrons. The Labute approximate surface area is 45.9 Å². The van der Waals surface area contributed by atoms with Gasteiger partial charge in [-0.05, 0) is 6.42 Å². The molecule has 0 aromatic carbocycles. The molecule has 3 N–H and O–H groups in total. The smallest absolute Gasteiger partial charge is 0.178 e. The van der Waals surface area contributed by atoms with Crippen molar-refractivity contribution in [3.05, 3.63) is 0 Å². The number of nitrogens with one attached hydrogen (secondary N) is 1. The average Bonchev–Trinajstić information content (AvgIpc) is 1.72. The largest absolute Gasteiger partial charge is 0.363 e. The second-order valence-corrected chi connectivity index (χ2v) is 1.51. The van der Waals surface area contributed by atoms with Gasteiger partial charge in [0.15, 0.2) is 7.98 Å². The highest BCUT2D eigenvalue weighted by Gasteiger charge is 1.94. The molecule has 0 saturated carbocycles. The van der Waals surface area contributed by atoms with Crippen molar-refractivity contribution in [2.75, 3.05) is 6.54 Å². The Kier molecular flexibility index (Phi) is 4.14. The van der Waals surface area contributed by atoms with E-state index in [9.17, 15) is 0 Å². The first-order valence-electron chi connectivity index (χ1n) is 2.51. The second kappa shape index (κ2) is 4.15. The van der Waals surface area contributed by atoms with E-state index >= 15 is 0 Å². The maximum absolute atomic E-state index is 5.25. The van der Waals surface area contributed by atoms with Crippen molar-refractivity contribution in [3.63, 3.8) is 0 Å². The third-order valence-corrected chi connectivity index (χ3v) is 1.01. The van der Waals surface area contributed by atoms with Gasteiger partial charge in [0.2, 0.25) is 0 Å². The first-order valence-corrected chi connectivity index (χ1v) is 2.51. The highest BCUT2D eigenvalue weighted by Crippen LogP contribution is 1.82. The molecule has 0 unspecified atom stereocenters. The molecule has 0 rings (SSSR count). The van der Waals surface area contributed by atoms with Crippen molar-refractivity contribution in [1.29, 1.82) is 0 Å². The SMILES string of the molecule is [B]N[C@H](CC)CN. The summed E-state index contributed by atoms with van der Waals surface area (Å²) in [5, 5.41) is 2.58. The van der Waals surface area contributed by atoms with Gasteiger partial charge in [-0.3, -0.25) is 0 Å². The first kappa shape index (κ1) is 6.98. The van der Waals surface area contributed by atoms with Gasteiger partial charge < -0.3 is 11.0 Å². The van der Waals surface area contributed by atoms with E-state index in [0.29, 0.717) is 12.6 Å². The monoisotopic (exact) mass is 98.1 g/mol. The normalized spacial score (nSPS) is 14.0. The first-order chi connectivity index (χ1) is 3.35. The molecule has 0 fully saturated rings. The van der Waals surface area contributed by atoms with Crippen LogP contribution in [0.15, 0.2) is 0 Å². The van der Waals surface area contributed by atoms with E-state index in [-0.39, 0.29) is 0 Å². The Balaban J connectivity index is 2.99. The molecule has 0 aliphatic heterocycles. The Morgan fingerprint density at radius 3 is 2.43 bits per heavy atom. The maximum atomic E-state index is 5.25. The van der Waals surface area contributed by atoms with Crippen molar-refractivity contribution in [1.82, 2.24) is 5.23 Å². The average molecular weight is 98.0 g/mol. The van der Waals surface area contributed by atoms with Gasteiger partial charge in [0, 0.05) is 12.6 Å². The summed E-state index contributed by atoms with van der Waals surface area (Å²) in [5.41, 5.74) is 5.25. The zero-order valence-electron chi connectivity index (χ0n) is 4.65. The van der Waals surface area contributed by atoms with E-state index in [2.05, 4.69) is 5.23 Å². The molecule has 3 heteroatoms. The van der Waals surface area contributed by atoms with Crippen LogP contribution in [-0.4, -0.2) is 20.6 Å². The van der Waals surface area contributed by atoms with Crippen molar-refractivity contribution in [2.24, 2.45) is 5.73 Å². The molecule has 0 aromatic heterocycles. The van der Waals surface area contributed by atoms with E-state index in [4.69, 9.17) is 13.7 Å². The molecular formula is C4H11BN2. The molecule has 0 aliphatic carbocycles. The topological polar surface area (TPSA) is 38.0 Å². The van der Waals surface area contributed by atoms with Crippen molar-refractivity contribution in [3.8, 4) is 0 Å². The highest BCUT2D eigenvalue weighted by atomic mass is 14.8. The lowest BCUT2D eigenvalue weighted by molar-refractivity contribution is 0.614. The summed E-state index contributed by atoms with van der Waals surface area (Å²) in [5.74, 6) is 0. The van der Waals surface area contributed by atoms with Gasteiger partial charge in [-0.25, -0.2) is 0 Å². The van der Waals surface area contributed by atoms with Gasteiger partial charge in [0.25, 0.3) is 0 Å². The summed E-state index contributed by atoms with van der Waals surface area (Å²) < 4.78 is 0. The minimum absolute atomic E-state index is 0.292. The number of hydrogen-bond donors (Lipinski definition) is 2. The van der Waals surface area contributed by atoms with E-state index < -0.39 is 0 Å². The van der Waals surface area contributed by atoms with Crippen LogP contribution in [0.25, 0.3) is 0 Å². The van der Waals surface area contributed by atoms with Crippen molar-refractivity contribution in [2.45, 2.75) is 19.4 Å². The fourth-order valence-electron chi connectivity index (χ4n) is 0.353. The molecule has 0 heterocycles. The Morgan fingerprint density at radius 1 is 1.86 bits per heavy atom. The molecule has 7 heavy (non-hydrogen) atoms. The van der Waals surface area contributed by atoms with Crippen LogP contribution in [0.3, 0.4) is 0 Å². The number of rotatable bonds is 3. The van der Waals surface area contributed by atoms with Gasteiger partial charge in [-0.15, -0.1) is 0 Å². The summed E-state index contributed by atoms with van der Waals surface area (Å²) in [6, 6.07) is 0.292. The zero-order chi connectivity index (χ0) is 5.70. The number of nitrogens with two attached hydrogens (primary N) is 1. The molecule has 40 valence electrons. The molecule has 0 amide bonds. The molecule has 0 bridgehead atoms. The van der Waals surface area contributed by atoms with Gasteiger partial charge in [0.05, 0.1) is 0 Å². The quantitative estimate of drug-likeness (QED) is 0.462. The van der Waals surface area contributed by atoms with Gasteiger partial charge >= 0.3 is 0 Å². The molecule has 0 aliphatic rings. The maximum Gasteiger partial charge on any atom is 0.178 e.